The maximum atomic E-state index is 14.7. The number of thiazole rings is 1. The Morgan fingerprint density at radius 2 is 1.79 bits per heavy atom. The normalized spacial score (nSPS) is 10.5. The van der Waals surface area contributed by atoms with Gasteiger partial charge in [-0.25, -0.2) is 9.37 Å². The van der Waals surface area contributed by atoms with E-state index in [0.29, 0.717) is 40.1 Å². The number of rotatable bonds is 8. The van der Waals surface area contributed by atoms with Crippen LogP contribution in [0.1, 0.15) is 16.1 Å². The molecule has 0 radical (unpaired) electrons. The van der Waals surface area contributed by atoms with E-state index < -0.39 is 11.7 Å². The van der Waals surface area contributed by atoms with E-state index in [1.807, 2.05) is 30.3 Å². The van der Waals surface area contributed by atoms with Gasteiger partial charge in [-0.1, -0.05) is 30.3 Å². The summed E-state index contributed by atoms with van der Waals surface area (Å²) < 4.78 is 30.9. The first kappa shape index (κ1) is 22.3. The second-order valence-electron chi connectivity index (χ2n) is 6.97. The van der Waals surface area contributed by atoms with Crippen LogP contribution in [0.25, 0.3) is 10.6 Å². The van der Waals surface area contributed by atoms with E-state index in [2.05, 4.69) is 10.3 Å². The summed E-state index contributed by atoms with van der Waals surface area (Å²) in [6, 6.07) is 19.3. The predicted octanol–water partition coefficient (Wildman–Crippen LogP) is 5.80. The van der Waals surface area contributed by atoms with Crippen molar-refractivity contribution in [1.29, 1.82) is 0 Å². The maximum Gasteiger partial charge on any atom is 0.275 e. The number of aromatic nitrogens is 1. The van der Waals surface area contributed by atoms with Gasteiger partial charge >= 0.3 is 0 Å². The van der Waals surface area contributed by atoms with Crippen molar-refractivity contribution in [1.82, 2.24) is 4.98 Å². The van der Waals surface area contributed by atoms with Gasteiger partial charge in [0.15, 0.2) is 0 Å². The lowest BCUT2D eigenvalue weighted by molar-refractivity contribution is 0.102. The first-order valence-corrected chi connectivity index (χ1v) is 10.9. The fourth-order valence-electron chi connectivity index (χ4n) is 3.09. The van der Waals surface area contributed by atoms with Gasteiger partial charge in [0, 0.05) is 23.1 Å². The van der Waals surface area contributed by atoms with Crippen LogP contribution >= 0.6 is 11.3 Å². The van der Waals surface area contributed by atoms with Crippen LogP contribution in [0.3, 0.4) is 0 Å². The molecule has 0 saturated carbocycles. The predicted molar refractivity (Wildman–Crippen MR) is 126 cm³/mol. The van der Waals surface area contributed by atoms with Gasteiger partial charge in [-0.15, -0.1) is 11.3 Å². The Bertz CT molecular complexity index is 1260. The molecule has 1 amide bonds. The number of nitrogens with one attached hydrogen (secondary N) is 1. The van der Waals surface area contributed by atoms with E-state index in [-0.39, 0.29) is 5.69 Å². The Morgan fingerprint density at radius 3 is 2.52 bits per heavy atom. The number of carbonyl (C=O) groups excluding carboxylic acids is 1. The Kier molecular flexibility index (Phi) is 6.85. The first-order valence-electron chi connectivity index (χ1n) is 10.0. The van der Waals surface area contributed by atoms with Gasteiger partial charge in [-0.05, 0) is 29.8 Å². The molecule has 4 rings (SSSR count). The van der Waals surface area contributed by atoms with Crippen molar-refractivity contribution in [3.63, 3.8) is 0 Å². The molecule has 0 unspecified atom stereocenters. The molecule has 0 aliphatic heterocycles. The fourth-order valence-corrected chi connectivity index (χ4v) is 3.92. The number of ether oxygens (including phenoxy) is 3. The highest BCUT2D eigenvalue weighted by molar-refractivity contribution is 7.13. The van der Waals surface area contributed by atoms with Crippen LogP contribution in [0.5, 0.6) is 17.2 Å². The molecule has 168 valence electrons. The molecule has 6 nitrogen and oxygen atoms in total. The minimum absolute atomic E-state index is 0.177. The van der Waals surface area contributed by atoms with Crippen molar-refractivity contribution in [2.75, 3.05) is 19.5 Å². The van der Waals surface area contributed by atoms with Gasteiger partial charge in [0.05, 0.1) is 19.9 Å². The molecule has 33 heavy (non-hydrogen) atoms. The first-order chi connectivity index (χ1) is 16.1. The molecule has 1 aromatic heterocycles. The van der Waals surface area contributed by atoms with Crippen molar-refractivity contribution >= 4 is 22.9 Å². The summed E-state index contributed by atoms with van der Waals surface area (Å²) in [5.74, 6) is 0.576. The number of amides is 1. The molecule has 1 N–H and O–H groups in total. The van der Waals surface area contributed by atoms with Gasteiger partial charge in [0.25, 0.3) is 5.91 Å². The molecule has 4 aromatic rings. The summed E-state index contributed by atoms with van der Waals surface area (Å²) in [4.78, 5) is 17.0. The largest absolute Gasteiger partial charge is 0.497 e. The lowest BCUT2D eigenvalue weighted by Crippen LogP contribution is -2.13. The van der Waals surface area contributed by atoms with E-state index >= 15 is 0 Å². The fraction of sp³-hybridized carbons (Fsp3) is 0.120. The van der Waals surface area contributed by atoms with Crippen molar-refractivity contribution < 1.29 is 23.4 Å². The molecule has 0 saturated heterocycles. The topological polar surface area (TPSA) is 69.7 Å². The molecule has 8 heteroatoms. The second-order valence-corrected chi connectivity index (χ2v) is 7.83. The van der Waals surface area contributed by atoms with Crippen LogP contribution in [0, 0.1) is 5.82 Å². The summed E-state index contributed by atoms with van der Waals surface area (Å²) in [5, 5.41) is 4.74. The minimum atomic E-state index is -0.473. The van der Waals surface area contributed by atoms with Crippen LogP contribution in [0.15, 0.2) is 72.1 Å². The van der Waals surface area contributed by atoms with Crippen molar-refractivity contribution in [2.45, 2.75) is 6.61 Å². The summed E-state index contributed by atoms with van der Waals surface area (Å²) >= 11 is 1.18. The van der Waals surface area contributed by atoms with Crippen LogP contribution in [0.4, 0.5) is 10.1 Å². The molecule has 0 spiro atoms. The maximum absolute atomic E-state index is 14.7. The van der Waals surface area contributed by atoms with Crippen LogP contribution in [0.2, 0.25) is 0 Å². The lowest BCUT2D eigenvalue weighted by Gasteiger charge is -2.10. The van der Waals surface area contributed by atoms with Gasteiger partial charge in [0.2, 0.25) is 0 Å². The lowest BCUT2D eigenvalue weighted by atomic mass is 10.2. The van der Waals surface area contributed by atoms with Gasteiger partial charge < -0.3 is 19.5 Å². The molecule has 1 heterocycles. The highest BCUT2D eigenvalue weighted by atomic mass is 32.1. The van der Waals surface area contributed by atoms with Crippen molar-refractivity contribution in [3.05, 3.63) is 89.2 Å². The molecule has 0 aliphatic carbocycles. The molecule has 0 bridgehead atoms. The molecule has 3 aromatic carbocycles. The summed E-state index contributed by atoms with van der Waals surface area (Å²) in [7, 11) is 3.05. The molecule has 0 aliphatic rings. The minimum Gasteiger partial charge on any atom is -0.497 e. The Labute approximate surface area is 194 Å². The van der Waals surface area contributed by atoms with E-state index in [1.54, 1.807) is 42.8 Å². The summed E-state index contributed by atoms with van der Waals surface area (Å²) in [5.41, 5.74) is 1.94. The molecule has 0 atom stereocenters. The number of methoxy groups -OCH3 is 2. The zero-order valence-corrected chi connectivity index (χ0v) is 18.8. The molecule has 0 fully saturated rings. The standard InChI is InChI=1S/C25H21FN2O4S/c1-30-17-9-11-21(23(13-17)31-2)27-24(29)22-15-33-25(28-22)19-10-8-18(12-20(19)26)32-14-16-6-4-3-5-7-16/h3-13,15H,14H2,1-2H3,(H,27,29). The van der Waals surface area contributed by atoms with E-state index in [4.69, 9.17) is 14.2 Å². The highest BCUT2D eigenvalue weighted by Gasteiger charge is 2.17. The van der Waals surface area contributed by atoms with Gasteiger partial charge in [0.1, 0.15) is 40.4 Å². The average molecular weight is 465 g/mol. The van der Waals surface area contributed by atoms with Gasteiger partial charge in [-0.2, -0.15) is 0 Å². The number of benzene rings is 3. The van der Waals surface area contributed by atoms with E-state index in [9.17, 15) is 9.18 Å². The average Bonchev–Trinajstić information content (AvgIpc) is 3.34. The molecular weight excluding hydrogens is 443 g/mol. The number of halogens is 1. The monoisotopic (exact) mass is 464 g/mol. The van der Waals surface area contributed by atoms with Crippen LogP contribution < -0.4 is 19.5 Å². The van der Waals surface area contributed by atoms with Gasteiger partial charge in [-0.3, -0.25) is 4.79 Å². The smallest absolute Gasteiger partial charge is 0.275 e. The van der Waals surface area contributed by atoms with Crippen LogP contribution in [-0.4, -0.2) is 25.1 Å². The van der Waals surface area contributed by atoms with Crippen molar-refractivity contribution in [2.24, 2.45) is 0 Å². The summed E-state index contributed by atoms with van der Waals surface area (Å²) in [6.45, 7) is 0.343. The summed E-state index contributed by atoms with van der Waals surface area (Å²) in [6.07, 6.45) is 0. The third kappa shape index (κ3) is 5.30. The Balaban J connectivity index is 1.46. The number of carbonyl (C=O) groups is 1. The third-order valence-electron chi connectivity index (χ3n) is 4.81. The van der Waals surface area contributed by atoms with Crippen LogP contribution in [-0.2, 0) is 6.61 Å². The highest BCUT2D eigenvalue weighted by Crippen LogP contribution is 2.31. The molecular formula is C25H21FN2O4S. The van der Waals surface area contributed by atoms with E-state index in [0.717, 1.165) is 5.56 Å². The number of hydrogen-bond donors (Lipinski definition) is 1. The Morgan fingerprint density at radius 1 is 1.00 bits per heavy atom. The van der Waals surface area contributed by atoms with E-state index in [1.165, 1.54) is 24.5 Å². The second kappa shape index (κ2) is 10.1. The quantitative estimate of drug-likeness (QED) is 0.357. The Hall–Kier alpha value is -3.91. The third-order valence-corrected chi connectivity index (χ3v) is 5.69. The van der Waals surface area contributed by atoms with Crippen molar-refractivity contribution in [3.8, 4) is 27.8 Å². The number of anilines is 1. The number of nitrogens with zero attached hydrogens (tertiary/aromatic N) is 1. The zero-order valence-electron chi connectivity index (χ0n) is 18.0. The number of hydrogen-bond acceptors (Lipinski definition) is 6. The SMILES string of the molecule is COc1ccc(NC(=O)c2csc(-c3ccc(OCc4ccccc4)cc3F)n2)c(OC)c1. The zero-order chi connectivity index (χ0) is 23.2.